The number of hydrogen-bond acceptors (Lipinski definition) is 7. The lowest BCUT2D eigenvalue weighted by Gasteiger charge is -2.37. The van der Waals surface area contributed by atoms with Crippen molar-refractivity contribution in [1.29, 1.82) is 0 Å². The summed E-state index contributed by atoms with van der Waals surface area (Å²) in [5, 5.41) is 5.18. The number of carbonyl (C=O) groups is 3. The van der Waals surface area contributed by atoms with Gasteiger partial charge in [-0.2, -0.15) is 0 Å². The summed E-state index contributed by atoms with van der Waals surface area (Å²) in [5.41, 5.74) is 0.268. The molecule has 1 aromatic heterocycles. The van der Waals surface area contributed by atoms with E-state index in [0.717, 1.165) is 6.42 Å². The fourth-order valence-corrected chi connectivity index (χ4v) is 4.41. The van der Waals surface area contributed by atoms with Gasteiger partial charge < -0.3 is 19.7 Å². The minimum Gasteiger partial charge on any atom is -0.461 e. The molecule has 1 heterocycles. The molecule has 0 aliphatic carbocycles. The quantitative estimate of drug-likeness (QED) is 0.441. The highest BCUT2D eigenvalue weighted by atomic mass is 32.1. The van der Waals surface area contributed by atoms with Crippen LogP contribution >= 0.6 is 11.3 Å². The van der Waals surface area contributed by atoms with Crippen LogP contribution in [0.5, 0.6) is 0 Å². The van der Waals surface area contributed by atoms with E-state index in [1.54, 1.807) is 24.3 Å². The third-order valence-corrected chi connectivity index (χ3v) is 6.49. The molecule has 8 nitrogen and oxygen atoms in total. The fourth-order valence-electron chi connectivity index (χ4n) is 3.56. The van der Waals surface area contributed by atoms with Crippen molar-refractivity contribution in [1.82, 2.24) is 15.2 Å². The van der Waals surface area contributed by atoms with Crippen LogP contribution in [0.4, 0.5) is 0 Å². The average molecular weight is 470 g/mol. The monoisotopic (exact) mass is 469 g/mol. The van der Waals surface area contributed by atoms with Crippen LogP contribution < -0.4 is 5.32 Å². The summed E-state index contributed by atoms with van der Waals surface area (Å²) in [4.78, 5) is 43.3. The van der Waals surface area contributed by atoms with E-state index in [2.05, 4.69) is 24.1 Å². The number of esters is 1. The summed E-state index contributed by atoms with van der Waals surface area (Å²) in [7, 11) is 1.78. The number of likely N-dealkylation sites (N-methyl/N-ethyl adjacent to an activating group) is 1. The number of nitrogens with zero attached hydrogens (tertiary/aromatic N) is 2. The smallest absolute Gasteiger partial charge is 0.357 e. The zero-order valence-electron chi connectivity index (χ0n) is 20.6. The Morgan fingerprint density at radius 2 is 1.81 bits per heavy atom. The molecule has 0 saturated heterocycles. The number of carbonyl (C=O) groups excluding carboxylic acids is 3. The van der Waals surface area contributed by atoms with E-state index in [1.807, 2.05) is 20.8 Å². The first-order chi connectivity index (χ1) is 15.1. The zero-order chi connectivity index (χ0) is 24.4. The Labute approximate surface area is 196 Å². The Morgan fingerprint density at radius 3 is 2.31 bits per heavy atom. The lowest BCUT2D eigenvalue weighted by atomic mass is 9.93. The second-order valence-corrected chi connectivity index (χ2v) is 9.19. The summed E-state index contributed by atoms with van der Waals surface area (Å²) in [6.07, 6.45) is 0.934. The fraction of sp³-hybridized carbons (Fsp3) is 0.739. The van der Waals surface area contributed by atoms with Crippen molar-refractivity contribution < 1.29 is 23.9 Å². The Bertz CT molecular complexity index is 752. The van der Waals surface area contributed by atoms with Crippen molar-refractivity contribution in [3.63, 3.8) is 0 Å². The molecule has 0 aromatic carbocycles. The zero-order valence-corrected chi connectivity index (χ0v) is 21.5. The average Bonchev–Trinajstić information content (AvgIpc) is 3.23. The molecule has 0 bridgehead atoms. The van der Waals surface area contributed by atoms with Gasteiger partial charge in [-0.15, -0.1) is 11.3 Å². The Hall–Kier alpha value is -2.00. The molecule has 0 radical (unpaired) electrons. The molecule has 1 unspecified atom stereocenters. The van der Waals surface area contributed by atoms with E-state index in [1.165, 1.54) is 18.3 Å². The molecule has 182 valence electrons. The Kier molecular flexibility index (Phi) is 11.8. The number of nitrogens with one attached hydrogen (secondary N) is 1. The topological polar surface area (TPSA) is 97.8 Å². The van der Waals surface area contributed by atoms with Crippen LogP contribution in [-0.4, -0.2) is 60.0 Å². The molecule has 9 heteroatoms. The third-order valence-electron chi connectivity index (χ3n) is 5.56. The standard InChI is InChI=1S/C23H39N3O5S/c1-9-15(6)20(24-16(7)27)22(28)26(8)18(14(4)5)12-19(30-10-2)21-25-17(13-32-21)23(29)31-11-3/h13-15,18-20H,9-12H2,1-8H3,(H,24,27)/t15-,18+,19?,20-/m0/s1. The van der Waals surface area contributed by atoms with Crippen molar-refractivity contribution in [2.24, 2.45) is 11.8 Å². The first-order valence-electron chi connectivity index (χ1n) is 11.3. The first kappa shape index (κ1) is 28.0. The Balaban J connectivity index is 3.12. The van der Waals surface area contributed by atoms with Gasteiger partial charge >= 0.3 is 5.97 Å². The van der Waals surface area contributed by atoms with Gasteiger partial charge in [0, 0.05) is 38.4 Å². The largest absolute Gasteiger partial charge is 0.461 e. The van der Waals surface area contributed by atoms with Crippen molar-refractivity contribution in [3.05, 3.63) is 16.1 Å². The normalized spacial score (nSPS) is 15.0. The summed E-state index contributed by atoms with van der Waals surface area (Å²) < 4.78 is 11.0. The number of amides is 2. The van der Waals surface area contributed by atoms with Crippen LogP contribution in [0.15, 0.2) is 5.38 Å². The van der Waals surface area contributed by atoms with Crippen LogP contribution in [0.25, 0.3) is 0 Å². The van der Waals surface area contributed by atoms with Crippen molar-refractivity contribution >= 4 is 29.1 Å². The van der Waals surface area contributed by atoms with Crippen LogP contribution in [0, 0.1) is 11.8 Å². The van der Waals surface area contributed by atoms with Gasteiger partial charge in [0.05, 0.1) is 6.61 Å². The molecule has 4 atom stereocenters. The molecule has 1 N–H and O–H groups in total. The number of ether oxygens (including phenoxy) is 2. The van der Waals surface area contributed by atoms with Crippen molar-refractivity contribution in [2.75, 3.05) is 20.3 Å². The maximum atomic E-state index is 13.4. The van der Waals surface area contributed by atoms with Gasteiger partial charge in [0.15, 0.2) is 5.69 Å². The third kappa shape index (κ3) is 7.85. The van der Waals surface area contributed by atoms with E-state index in [0.29, 0.717) is 18.0 Å². The van der Waals surface area contributed by atoms with E-state index < -0.39 is 12.0 Å². The molecule has 0 saturated carbocycles. The molecule has 2 amide bonds. The highest BCUT2D eigenvalue weighted by molar-refractivity contribution is 7.09. The van der Waals surface area contributed by atoms with Crippen LogP contribution in [0.3, 0.4) is 0 Å². The molecule has 0 spiro atoms. The van der Waals surface area contributed by atoms with Gasteiger partial charge in [0.25, 0.3) is 0 Å². The van der Waals surface area contributed by atoms with Crippen LogP contribution in [0.1, 0.15) is 82.9 Å². The predicted octanol–water partition coefficient (Wildman–Crippen LogP) is 3.82. The number of rotatable bonds is 13. The molecule has 1 aromatic rings. The Morgan fingerprint density at radius 1 is 1.16 bits per heavy atom. The van der Waals surface area contributed by atoms with Crippen LogP contribution in [0.2, 0.25) is 0 Å². The van der Waals surface area contributed by atoms with Gasteiger partial charge in [-0.3, -0.25) is 9.59 Å². The van der Waals surface area contributed by atoms with E-state index in [4.69, 9.17) is 9.47 Å². The highest BCUT2D eigenvalue weighted by Gasteiger charge is 2.34. The lowest BCUT2D eigenvalue weighted by molar-refractivity contribution is -0.139. The maximum Gasteiger partial charge on any atom is 0.357 e. The summed E-state index contributed by atoms with van der Waals surface area (Å²) in [6, 6.07) is -0.723. The second-order valence-electron chi connectivity index (χ2n) is 8.30. The minimum absolute atomic E-state index is 0.00968. The lowest BCUT2D eigenvalue weighted by Crippen LogP contribution is -2.54. The van der Waals surface area contributed by atoms with Gasteiger partial charge in [0.2, 0.25) is 11.8 Å². The SMILES string of the molecule is CCOC(=O)c1csc(C(C[C@H](C(C)C)N(C)C(=O)[C@@H](NC(C)=O)[C@@H](C)CC)OCC)n1. The van der Waals surface area contributed by atoms with E-state index in [9.17, 15) is 14.4 Å². The first-order valence-corrected chi connectivity index (χ1v) is 12.2. The number of thiazole rings is 1. The number of hydrogen-bond donors (Lipinski definition) is 1. The number of aromatic nitrogens is 1. The minimum atomic E-state index is -0.579. The van der Waals surface area contributed by atoms with Gasteiger partial charge in [-0.1, -0.05) is 34.1 Å². The molecule has 1 rings (SSSR count). The van der Waals surface area contributed by atoms with Crippen molar-refractivity contribution in [2.45, 2.75) is 79.5 Å². The molecule has 32 heavy (non-hydrogen) atoms. The van der Waals surface area contributed by atoms with Gasteiger partial charge in [0.1, 0.15) is 17.2 Å². The van der Waals surface area contributed by atoms with Crippen LogP contribution in [-0.2, 0) is 19.1 Å². The molecule has 0 aliphatic rings. The molecular weight excluding hydrogens is 430 g/mol. The predicted molar refractivity (Wildman–Crippen MR) is 126 cm³/mol. The summed E-state index contributed by atoms with van der Waals surface area (Å²) in [6.45, 7) is 13.9. The summed E-state index contributed by atoms with van der Waals surface area (Å²) >= 11 is 1.35. The highest BCUT2D eigenvalue weighted by Crippen LogP contribution is 2.30. The molecule has 0 fully saturated rings. The van der Waals surface area contributed by atoms with Gasteiger partial charge in [-0.25, -0.2) is 9.78 Å². The molecular formula is C23H39N3O5S. The van der Waals surface area contributed by atoms with Gasteiger partial charge in [-0.05, 0) is 25.7 Å². The van der Waals surface area contributed by atoms with E-state index >= 15 is 0 Å². The maximum absolute atomic E-state index is 13.4. The molecule has 0 aliphatic heterocycles. The van der Waals surface area contributed by atoms with Crippen molar-refractivity contribution in [3.8, 4) is 0 Å². The van der Waals surface area contributed by atoms with E-state index in [-0.39, 0.29) is 48.1 Å². The second kappa shape index (κ2) is 13.5. The summed E-state index contributed by atoms with van der Waals surface area (Å²) in [5.74, 6) is -0.638.